The first-order valence-corrected chi connectivity index (χ1v) is 8.49. The number of nitrogens with zero attached hydrogens (tertiary/aromatic N) is 4. The topological polar surface area (TPSA) is 90.6 Å². The molecule has 1 atom stereocenters. The molecule has 1 saturated heterocycles. The number of aromatic nitrogens is 3. The number of hydrogen-bond donors (Lipinski definition) is 0. The van der Waals surface area contributed by atoms with Crippen molar-refractivity contribution in [1.82, 2.24) is 20.1 Å². The van der Waals surface area contributed by atoms with Gasteiger partial charge < -0.3 is 18.8 Å². The molecule has 4 rings (SSSR count). The van der Waals surface area contributed by atoms with Crippen LogP contribution < -0.4 is 4.74 Å². The Morgan fingerprint density at radius 3 is 2.92 bits per heavy atom. The van der Waals surface area contributed by atoms with Crippen LogP contribution in [0.5, 0.6) is 5.88 Å². The van der Waals surface area contributed by atoms with E-state index < -0.39 is 6.10 Å². The number of aryl methyl sites for hydroxylation is 1. The predicted octanol–water partition coefficient (Wildman–Crippen LogP) is 1.78. The number of hydrogen-bond acceptors (Lipinski definition) is 7. The second-order valence-corrected chi connectivity index (χ2v) is 6.41. The van der Waals surface area contributed by atoms with Gasteiger partial charge in [-0.25, -0.2) is 4.98 Å². The van der Waals surface area contributed by atoms with Crippen LogP contribution >= 0.6 is 0 Å². The molecule has 0 spiro atoms. The number of amides is 1. The Labute approximate surface area is 145 Å². The largest absolute Gasteiger partial charge is 0.477 e. The molecule has 2 aromatic heterocycles. The molecule has 1 aliphatic heterocycles. The zero-order valence-electron chi connectivity index (χ0n) is 14.1. The lowest BCUT2D eigenvalue weighted by Crippen LogP contribution is -2.42. The minimum absolute atomic E-state index is 0.0919. The average molecular weight is 344 g/mol. The molecule has 1 amide bonds. The number of pyridine rings is 1. The SMILES string of the molecule is Cc1nnc([C@H]2CN(C(=O)c3ccc(OCC4CC4)nc3)CCO2)o1. The first kappa shape index (κ1) is 16.0. The molecular weight excluding hydrogens is 324 g/mol. The van der Waals surface area contributed by atoms with Crippen molar-refractivity contribution in [3.63, 3.8) is 0 Å². The number of carbonyl (C=O) groups is 1. The van der Waals surface area contributed by atoms with Gasteiger partial charge in [-0.2, -0.15) is 0 Å². The van der Waals surface area contributed by atoms with Crippen LogP contribution in [0.4, 0.5) is 0 Å². The van der Waals surface area contributed by atoms with E-state index in [9.17, 15) is 4.79 Å². The van der Waals surface area contributed by atoms with Crippen LogP contribution in [0.15, 0.2) is 22.7 Å². The van der Waals surface area contributed by atoms with Gasteiger partial charge in [0.15, 0.2) is 6.10 Å². The summed E-state index contributed by atoms with van der Waals surface area (Å²) in [6, 6.07) is 3.49. The average Bonchev–Trinajstić information content (AvgIpc) is 3.39. The Balaban J connectivity index is 1.39. The van der Waals surface area contributed by atoms with E-state index in [0.29, 0.717) is 55.4 Å². The zero-order valence-corrected chi connectivity index (χ0v) is 14.1. The molecule has 2 aromatic rings. The normalized spacial score (nSPS) is 20.5. The summed E-state index contributed by atoms with van der Waals surface area (Å²) in [5, 5.41) is 7.79. The predicted molar refractivity (Wildman–Crippen MR) is 86.1 cm³/mol. The molecule has 3 heterocycles. The van der Waals surface area contributed by atoms with E-state index in [1.165, 1.54) is 12.8 Å². The Morgan fingerprint density at radius 2 is 2.24 bits per heavy atom. The van der Waals surface area contributed by atoms with Gasteiger partial charge in [0.05, 0.1) is 25.3 Å². The summed E-state index contributed by atoms with van der Waals surface area (Å²) < 4.78 is 16.7. The highest BCUT2D eigenvalue weighted by molar-refractivity contribution is 5.94. The Morgan fingerprint density at radius 1 is 1.36 bits per heavy atom. The molecule has 8 heteroatoms. The number of ether oxygens (including phenoxy) is 2. The lowest BCUT2D eigenvalue weighted by molar-refractivity contribution is -0.0349. The van der Waals surface area contributed by atoms with Crippen LogP contribution in [0, 0.1) is 12.8 Å². The summed E-state index contributed by atoms with van der Waals surface area (Å²) in [5.74, 6) is 2.02. The maximum atomic E-state index is 12.7. The molecule has 132 valence electrons. The second kappa shape index (κ2) is 6.79. The van der Waals surface area contributed by atoms with Crippen molar-refractivity contribution >= 4 is 5.91 Å². The van der Waals surface area contributed by atoms with Gasteiger partial charge in [-0.05, 0) is 24.8 Å². The lowest BCUT2D eigenvalue weighted by atomic mass is 10.2. The van der Waals surface area contributed by atoms with Crippen LogP contribution in [0.3, 0.4) is 0 Å². The highest BCUT2D eigenvalue weighted by Crippen LogP contribution is 2.29. The first-order chi connectivity index (χ1) is 12.2. The Hall–Kier alpha value is -2.48. The molecule has 2 fully saturated rings. The van der Waals surface area contributed by atoms with E-state index in [1.807, 2.05) is 0 Å². The zero-order chi connectivity index (χ0) is 17.2. The van der Waals surface area contributed by atoms with E-state index in [1.54, 1.807) is 30.2 Å². The third-order valence-corrected chi connectivity index (χ3v) is 4.32. The fourth-order valence-corrected chi connectivity index (χ4v) is 2.69. The van der Waals surface area contributed by atoms with Crippen molar-refractivity contribution in [2.75, 3.05) is 26.3 Å². The van der Waals surface area contributed by atoms with Gasteiger partial charge in [-0.1, -0.05) is 0 Å². The molecule has 0 radical (unpaired) electrons. The highest BCUT2D eigenvalue weighted by Gasteiger charge is 2.29. The lowest BCUT2D eigenvalue weighted by Gasteiger charge is -2.31. The summed E-state index contributed by atoms with van der Waals surface area (Å²) in [4.78, 5) is 18.6. The molecule has 8 nitrogen and oxygen atoms in total. The third kappa shape index (κ3) is 3.79. The molecule has 25 heavy (non-hydrogen) atoms. The van der Waals surface area contributed by atoms with Crippen LogP contribution in [0.25, 0.3) is 0 Å². The van der Waals surface area contributed by atoms with Gasteiger partial charge in [0, 0.05) is 25.7 Å². The molecular formula is C17H20N4O4. The van der Waals surface area contributed by atoms with Crippen LogP contribution in [-0.4, -0.2) is 52.3 Å². The van der Waals surface area contributed by atoms with Gasteiger partial charge >= 0.3 is 0 Å². The second-order valence-electron chi connectivity index (χ2n) is 6.41. The van der Waals surface area contributed by atoms with Crippen LogP contribution in [0.2, 0.25) is 0 Å². The minimum Gasteiger partial charge on any atom is -0.477 e. The fourth-order valence-electron chi connectivity index (χ4n) is 2.69. The highest BCUT2D eigenvalue weighted by atomic mass is 16.5. The number of morpholine rings is 1. The summed E-state index contributed by atoms with van der Waals surface area (Å²) in [5.41, 5.74) is 0.529. The molecule has 1 aliphatic carbocycles. The van der Waals surface area contributed by atoms with Crippen molar-refractivity contribution in [3.8, 4) is 5.88 Å². The van der Waals surface area contributed by atoms with Crippen LogP contribution in [-0.2, 0) is 4.74 Å². The Kier molecular flexibility index (Phi) is 4.35. The van der Waals surface area contributed by atoms with Gasteiger partial charge in [0.2, 0.25) is 17.7 Å². The van der Waals surface area contributed by atoms with Gasteiger partial charge in [0.25, 0.3) is 5.91 Å². The molecule has 0 aromatic carbocycles. The molecule has 1 saturated carbocycles. The molecule has 0 unspecified atom stereocenters. The summed E-state index contributed by atoms with van der Waals surface area (Å²) in [6.07, 6.45) is 3.63. The van der Waals surface area contributed by atoms with E-state index in [2.05, 4.69) is 15.2 Å². The number of carbonyl (C=O) groups excluding carboxylic acids is 1. The summed E-state index contributed by atoms with van der Waals surface area (Å²) >= 11 is 0. The standard InChI is InChI=1S/C17H20N4O4/c1-11-19-20-16(25-11)14-9-21(6-7-23-14)17(22)13-4-5-15(18-8-13)24-10-12-2-3-12/h4-5,8,12,14H,2-3,6-7,9-10H2,1H3/t14-/m1/s1. The minimum atomic E-state index is -0.395. The van der Waals surface area contributed by atoms with Crippen molar-refractivity contribution in [2.24, 2.45) is 5.92 Å². The van der Waals surface area contributed by atoms with Gasteiger partial charge in [0.1, 0.15) is 0 Å². The summed E-state index contributed by atoms with van der Waals surface area (Å²) in [7, 11) is 0. The van der Waals surface area contributed by atoms with Gasteiger partial charge in [-0.15, -0.1) is 10.2 Å². The molecule has 0 bridgehead atoms. The van der Waals surface area contributed by atoms with Crippen molar-refractivity contribution in [1.29, 1.82) is 0 Å². The molecule has 0 N–H and O–H groups in total. The van der Waals surface area contributed by atoms with Crippen LogP contribution in [0.1, 0.15) is 41.1 Å². The monoisotopic (exact) mass is 344 g/mol. The number of rotatable bonds is 5. The fraction of sp³-hybridized carbons (Fsp3) is 0.529. The van der Waals surface area contributed by atoms with E-state index in [-0.39, 0.29) is 5.91 Å². The van der Waals surface area contributed by atoms with E-state index in [0.717, 1.165) is 0 Å². The maximum Gasteiger partial charge on any atom is 0.255 e. The third-order valence-electron chi connectivity index (χ3n) is 4.32. The Bertz CT molecular complexity index is 741. The van der Waals surface area contributed by atoms with Gasteiger partial charge in [-0.3, -0.25) is 4.79 Å². The first-order valence-electron chi connectivity index (χ1n) is 8.49. The van der Waals surface area contributed by atoms with Crippen molar-refractivity contribution < 1.29 is 18.7 Å². The smallest absolute Gasteiger partial charge is 0.255 e. The maximum absolute atomic E-state index is 12.7. The summed E-state index contributed by atoms with van der Waals surface area (Å²) in [6.45, 7) is 3.74. The quantitative estimate of drug-likeness (QED) is 0.816. The molecule has 2 aliphatic rings. The van der Waals surface area contributed by atoms with Crippen molar-refractivity contribution in [3.05, 3.63) is 35.7 Å². The van der Waals surface area contributed by atoms with E-state index in [4.69, 9.17) is 13.9 Å². The van der Waals surface area contributed by atoms with Crippen molar-refractivity contribution in [2.45, 2.75) is 25.9 Å². The van der Waals surface area contributed by atoms with E-state index >= 15 is 0 Å².